The van der Waals surface area contributed by atoms with Gasteiger partial charge in [0.2, 0.25) is 0 Å². The Hall–Kier alpha value is -1.25. The molecule has 0 radical (unpaired) electrons. The molecule has 0 amide bonds. The second kappa shape index (κ2) is 4.09. The summed E-state index contributed by atoms with van der Waals surface area (Å²) >= 11 is 0. The van der Waals surface area contributed by atoms with E-state index in [0.717, 1.165) is 6.54 Å². The zero-order chi connectivity index (χ0) is 10.8. The summed E-state index contributed by atoms with van der Waals surface area (Å²) in [6.45, 7) is 5.72. The second-order valence-corrected chi connectivity index (χ2v) is 4.59. The first-order chi connectivity index (χ1) is 7.18. The summed E-state index contributed by atoms with van der Waals surface area (Å²) in [5.41, 5.74) is 6.93. The van der Waals surface area contributed by atoms with Crippen molar-refractivity contribution in [2.45, 2.75) is 32.7 Å². The highest BCUT2D eigenvalue weighted by Crippen LogP contribution is 2.29. The minimum Gasteiger partial charge on any atom is -0.384 e. The summed E-state index contributed by atoms with van der Waals surface area (Å²) in [6, 6.07) is 4.68. The molecular formula is C12H19N3. The number of nitrogen functional groups attached to an aromatic ring is 1. The average molecular weight is 205 g/mol. The average Bonchev–Trinajstić information content (AvgIpc) is 2.65. The van der Waals surface area contributed by atoms with Gasteiger partial charge in [0.15, 0.2) is 0 Å². The molecule has 2 N–H and O–H groups in total. The standard InChI is InChI=1S/C12H19N3/c1-9(2)11-4-3-7-15(11)10-5-6-14-12(13)8-10/h5-6,8-9,11H,3-4,7H2,1-2H3,(H2,13,14). The molecule has 0 bridgehead atoms. The number of nitrogens with two attached hydrogens (primary N) is 1. The lowest BCUT2D eigenvalue weighted by molar-refractivity contribution is 0.492. The van der Waals surface area contributed by atoms with Crippen LogP contribution >= 0.6 is 0 Å². The molecule has 82 valence electrons. The van der Waals surface area contributed by atoms with Gasteiger partial charge in [-0.05, 0) is 24.8 Å². The van der Waals surface area contributed by atoms with Crippen molar-refractivity contribution in [2.75, 3.05) is 17.2 Å². The third kappa shape index (κ3) is 2.06. The monoisotopic (exact) mass is 205 g/mol. The van der Waals surface area contributed by atoms with Crippen LogP contribution in [0.4, 0.5) is 11.5 Å². The molecule has 1 fully saturated rings. The second-order valence-electron chi connectivity index (χ2n) is 4.59. The van der Waals surface area contributed by atoms with E-state index in [0.29, 0.717) is 17.8 Å². The summed E-state index contributed by atoms with van der Waals surface area (Å²) in [6.07, 6.45) is 4.37. The van der Waals surface area contributed by atoms with Gasteiger partial charge in [-0.25, -0.2) is 4.98 Å². The maximum absolute atomic E-state index is 5.71. The molecule has 0 saturated carbocycles. The normalized spacial score (nSPS) is 21.3. The first-order valence-electron chi connectivity index (χ1n) is 5.66. The van der Waals surface area contributed by atoms with Gasteiger partial charge in [0.05, 0.1) is 0 Å². The molecule has 3 nitrogen and oxygen atoms in total. The number of aromatic nitrogens is 1. The molecule has 3 heteroatoms. The number of anilines is 2. The largest absolute Gasteiger partial charge is 0.384 e. The molecule has 0 aliphatic carbocycles. The van der Waals surface area contributed by atoms with E-state index in [1.165, 1.54) is 18.5 Å². The molecule has 2 heterocycles. The lowest BCUT2D eigenvalue weighted by Gasteiger charge is -2.29. The highest BCUT2D eigenvalue weighted by molar-refractivity contribution is 5.53. The maximum Gasteiger partial charge on any atom is 0.125 e. The molecule has 1 aliphatic rings. The van der Waals surface area contributed by atoms with Gasteiger partial charge in [0, 0.05) is 30.5 Å². The molecule has 0 spiro atoms. The molecule has 1 unspecified atom stereocenters. The molecule has 1 saturated heterocycles. The van der Waals surface area contributed by atoms with Crippen LogP contribution in [0.1, 0.15) is 26.7 Å². The Labute approximate surface area is 91.3 Å². The van der Waals surface area contributed by atoms with Crippen LogP contribution in [0.15, 0.2) is 18.3 Å². The van der Waals surface area contributed by atoms with Gasteiger partial charge in [0.25, 0.3) is 0 Å². The van der Waals surface area contributed by atoms with E-state index in [1.54, 1.807) is 6.20 Å². The van der Waals surface area contributed by atoms with Crippen LogP contribution in [0.25, 0.3) is 0 Å². The van der Waals surface area contributed by atoms with Gasteiger partial charge in [-0.15, -0.1) is 0 Å². The zero-order valence-corrected chi connectivity index (χ0v) is 9.48. The quantitative estimate of drug-likeness (QED) is 0.805. The summed E-state index contributed by atoms with van der Waals surface area (Å²) in [4.78, 5) is 6.49. The SMILES string of the molecule is CC(C)C1CCCN1c1ccnc(N)c1. The van der Waals surface area contributed by atoms with E-state index in [-0.39, 0.29) is 0 Å². The number of hydrogen-bond acceptors (Lipinski definition) is 3. The first-order valence-corrected chi connectivity index (χ1v) is 5.66. The van der Waals surface area contributed by atoms with Gasteiger partial charge in [-0.3, -0.25) is 0 Å². The summed E-state index contributed by atoms with van der Waals surface area (Å²) in [5, 5.41) is 0. The third-order valence-electron chi connectivity index (χ3n) is 3.17. The predicted molar refractivity (Wildman–Crippen MR) is 63.9 cm³/mol. The van der Waals surface area contributed by atoms with Crippen molar-refractivity contribution in [3.8, 4) is 0 Å². The van der Waals surface area contributed by atoms with Crippen molar-refractivity contribution >= 4 is 11.5 Å². The summed E-state index contributed by atoms with van der Waals surface area (Å²) in [7, 11) is 0. The number of nitrogens with zero attached hydrogens (tertiary/aromatic N) is 2. The van der Waals surface area contributed by atoms with Crippen LogP contribution < -0.4 is 10.6 Å². The maximum atomic E-state index is 5.71. The van der Waals surface area contributed by atoms with Gasteiger partial charge in [0.1, 0.15) is 5.82 Å². The van der Waals surface area contributed by atoms with Crippen molar-refractivity contribution in [3.63, 3.8) is 0 Å². The minimum atomic E-state index is 0.613. The summed E-state index contributed by atoms with van der Waals surface area (Å²) in [5.74, 6) is 1.31. The van der Waals surface area contributed by atoms with E-state index in [9.17, 15) is 0 Å². The van der Waals surface area contributed by atoms with Crippen LogP contribution in [0.2, 0.25) is 0 Å². The van der Waals surface area contributed by atoms with Crippen LogP contribution in [0, 0.1) is 5.92 Å². The third-order valence-corrected chi connectivity index (χ3v) is 3.17. The van der Waals surface area contributed by atoms with E-state index in [1.807, 2.05) is 6.07 Å². The van der Waals surface area contributed by atoms with E-state index in [2.05, 4.69) is 29.8 Å². The van der Waals surface area contributed by atoms with Crippen molar-refractivity contribution in [1.29, 1.82) is 0 Å². The highest BCUT2D eigenvalue weighted by Gasteiger charge is 2.27. The lowest BCUT2D eigenvalue weighted by atomic mass is 10.0. The molecule has 1 aromatic rings. The highest BCUT2D eigenvalue weighted by atomic mass is 15.2. The Morgan fingerprint density at radius 2 is 2.33 bits per heavy atom. The van der Waals surface area contributed by atoms with Gasteiger partial charge in [-0.1, -0.05) is 13.8 Å². The van der Waals surface area contributed by atoms with Gasteiger partial charge >= 0.3 is 0 Å². The molecule has 1 aliphatic heterocycles. The van der Waals surface area contributed by atoms with Gasteiger partial charge < -0.3 is 10.6 Å². The van der Waals surface area contributed by atoms with E-state index in [4.69, 9.17) is 5.73 Å². The van der Waals surface area contributed by atoms with Gasteiger partial charge in [-0.2, -0.15) is 0 Å². The molecular weight excluding hydrogens is 186 g/mol. The molecule has 0 aromatic carbocycles. The van der Waals surface area contributed by atoms with Crippen LogP contribution in [-0.4, -0.2) is 17.6 Å². The molecule has 2 rings (SSSR count). The van der Waals surface area contributed by atoms with E-state index >= 15 is 0 Å². The fourth-order valence-corrected chi connectivity index (χ4v) is 2.42. The Kier molecular flexibility index (Phi) is 2.80. The number of rotatable bonds is 2. The zero-order valence-electron chi connectivity index (χ0n) is 9.48. The minimum absolute atomic E-state index is 0.613. The predicted octanol–water partition coefficient (Wildman–Crippen LogP) is 2.29. The Balaban J connectivity index is 2.22. The Morgan fingerprint density at radius 1 is 1.53 bits per heavy atom. The molecule has 1 aromatic heterocycles. The number of pyridine rings is 1. The molecule has 15 heavy (non-hydrogen) atoms. The van der Waals surface area contributed by atoms with Crippen LogP contribution in [0.3, 0.4) is 0 Å². The smallest absolute Gasteiger partial charge is 0.125 e. The Bertz CT molecular complexity index is 335. The number of hydrogen-bond donors (Lipinski definition) is 1. The molecule has 1 atom stereocenters. The fraction of sp³-hybridized carbons (Fsp3) is 0.583. The van der Waals surface area contributed by atoms with Crippen molar-refractivity contribution in [1.82, 2.24) is 4.98 Å². The van der Waals surface area contributed by atoms with Crippen molar-refractivity contribution in [3.05, 3.63) is 18.3 Å². The fourth-order valence-electron chi connectivity index (χ4n) is 2.42. The van der Waals surface area contributed by atoms with E-state index < -0.39 is 0 Å². The van der Waals surface area contributed by atoms with Crippen LogP contribution in [-0.2, 0) is 0 Å². The summed E-state index contributed by atoms with van der Waals surface area (Å²) < 4.78 is 0. The first kappa shape index (κ1) is 10.3. The van der Waals surface area contributed by atoms with Crippen LogP contribution in [0.5, 0.6) is 0 Å². The lowest BCUT2D eigenvalue weighted by Crippen LogP contribution is -2.33. The Morgan fingerprint density at radius 3 is 3.00 bits per heavy atom. The topological polar surface area (TPSA) is 42.2 Å². The van der Waals surface area contributed by atoms with Crippen molar-refractivity contribution in [2.24, 2.45) is 5.92 Å². The van der Waals surface area contributed by atoms with Crippen molar-refractivity contribution < 1.29 is 0 Å².